The van der Waals surface area contributed by atoms with E-state index in [2.05, 4.69) is 0 Å². The van der Waals surface area contributed by atoms with E-state index in [1.807, 2.05) is 0 Å². The molecule has 1 aromatic heterocycles. The lowest BCUT2D eigenvalue weighted by atomic mass is 10.2. The number of ether oxygens (including phenoxy) is 2. The van der Waals surface area contributed by atoms with Crippen LogP contribution < -0.4 is 14.4 Å². The van der Waals surface area contributed by atoms with Gasteiger partial charge in [0.2, 0.25) is 6.79 Å². The van der Waals surface area contributed by atoms with E-state index in [0.29, 0.717) is 17.3 Å². The molecule has 92 valence electrons. The number of carbonyl (C=O) groups is 1. The van der Waals surface area contributed by atoms with Crippen LogP contribution >= 0.6 is 0 Å². The highest BCUT2D eigenvalue weighted by atomic mass is 16.7. The first-order valence-corrected chi connectivity index (χ1v) is 5.47. The average Bonchev–Trinajstić information content (AvgIpc) is 3.06. The lowest BCUT2D eigenvalue weighted by Crippen LogP contribution is -2.25. The second kappa shape index (κ2) is 4.10. The number of hydrogen-bond donors (Lipinski definition) is 0. The maximum absolute atomic E-state index is 12.1. The van der Waals surface area contributed by atoms with Crippen molar-refractivity contribution in [1.82, 2.24) is 0 Å². The summed E-state index contributed by atoms with van der Waals surface area (Å²) in [5.74, 6) is 1.43. The largest absolute Gasteiger partial charge is 0.459 e. The van der Waals surface area contributed by atoms with Gasteiger partial charge in [-0.3, -0.25) is 4.79 Å². The Bertz CT molecular complexity index is 577. The zero-order chi connectivity index (χ0) is 12.5. The topological polar surface area (TPSA) is 51.9 Å². The molecule has 0 aliphatic carbocycles. The maximum Gasteiger partial charge on any atom is 0.293 e. The van der Waals surface area contributed by atoms with Crippen molar-refractivity contribution >= 4 is 11.6 Å². The van der Waals surface area contributed by atoms with Crippen LogP contribution in [0.3, 0.4) is 0 Å². The first-order chi connectivity index (χ1) is 8.75. The van der Waals surface area contributed by atoms with Gasteiger partial charge in [0.1, 0.15) is 0 Å². The van der Waals surface area contributed by atoms with Crippen molar-refractivity contribution in [3.05, 3.63) is 42.4 Å². The molecule has 18 heavy (non-hydrogen) atoms. The van der Waals surface area contributed by atoms with Crippen LogP contribution in [0.15, 0.2) is 41.0 Å². The Hall–Kier alpha value is -2.43. The van der Waals surface area contributed by atoms with E-state index in [4.69, 9.17) is 13.9 Å². The Balaban J connectivity index is 1.88. The smallest absolute Gasteiger partial charge is 0.293 e. The minimum atomic E-state index is -0.209. The monoisotopic (exact) mass is 245 g/mol. The average molecular weight is 245 g/mol. The van der Waals surface area contributed by atoms with E-state index in [-0.39, 0.29) is 12.7 Å². The van der Waals surface area contributed by atoms with Crippen LogP contribution in [-0.2, 0) is 0 Å². The molecule has 0 fully saturated rings. The second-order valence-electron chi connectivity index (χ2n) is 3.88. The lowest BCUT2D eigenvalue weighted by Gasteiger charge is -2.16. The summed E-state index contributed by atoms with van der Waals surface area (Å²) in [6, 6.07) is 8.66. The van der Waals surface area contributed by atoms with Crippen LogP contribution in [0.4, 0.5) is 5.69 Å². The molecule has 1 aliphatic heterocycles. The number of rotatable bonds is 2. The predicted octanol–water partition coefficient (Wildman–Crippen LogP) is 2.28. The molecule has 0 saturated heterocycles. The summed E-state index contributed by atoms with van der Waals surface area (Å²) in [5, 5.41) is 0. The van der Waals surface area contributed by atoms with Gasteiger partial charge in [0, 0.05) is 18.8 Å². The fourth-order valence-corrected chi connectivity index (χ4v) is 1.78. The number of hydrogen-bond acceptors (Lipinski definition) is 4. The molecule has 2 aromatic rings. The number of anilines is 1. The Kier molecular flexibility index (Phi) is 2.44. The van der Waals surface area contributed by atoms with Crippen LogP contribution in [-0.4, -0.2) is 19.7 Å². The summed E-state index contributed by atoms with van der Waals surface area (Å²) < 4.78 is 15.6. The summed E-state index contributed by atoms with van der Waals surface area (Å²) in [7, 11) is 1.68. The zero-order valence-electron chi connectivity index (χ0n) is 9.75. The molecule has 1 aromatic carbocycles. The van der Waals surface area contributed by atoms with Crippen molar-refractivity contribution in [3.63, 3.8) is 0 Å². The van der Waals surface area contributed by atoms with Crippen molar-refractivity contribution < 1.29 is 18.7 Å². The molecule has 5 heteroatoms. The first-order valence-electron chi connectivity index (χ1n) is 5.47. The molecule has 2 heterocycles. The Morgan fingerprint density at radius 2 is 2.06 bits per heavy atom. The zero-order valence-corrected chi connectivity index (χ0v) is 9.75. The molecule has 1 amide bonds. The summed E-state index contributed by atoms with van der Waals surface area (Å²) in [6.07, 6.45) is 1.47. The second-order valence-corrected chi connectivity index (χ2v) is 3.88. The van der Waals surface area contributed by atoms with Crippen LogP contribution in [0.1, 0.15) is 10.6 Å². The van der Waals surface area contributed by atoms with Crippen molar-refractivity contribution in [2.24, 2.45) is 0 Å². The standard InChI is InChI=1S/C13H11NO4/c1-14(13(15)11-3-2-6-16-11)9-4-5-10-12(7-9)18-8-17-10/h2-7H,8H2,1H3. The van der Waals surface area contributed by atoms with E-state index in [0.717, 1.165) is 5.69 Å². The van der Waals surface area contributed by atoms with Gasteiger partial charge < -0.3 is 18.8 Å². The quantitative estimate of drug-likeness (QED) is 0.814. The van der Waals surface area contributed by atoms with Gasteiger partial charge in [-0.1, -0.05) is 0 Å². The summed E-state index contributed by atoms with van der Waals surface area (Å²) in [4.78, 5) is 13.6. The third kappa shape index (κ3) is 1.69. The first kappa shape index (κ1) is 10.7. The van der Waals surface area contributed by atoms with Crippen LogP contribution in [0.2, 0.25) is 0 Å². The van der Waals surface area contributed by atoms with Crippen molar-refractivity contribution in [1.29, 1.82) is 0 Å². The molecule has 0 bridgehead atoms. The molecule has 0 unspecified atom stereocenters. The summed E-state index contributed by atoms with van der Waals surface area (Å²) in [6.45, 7) is 0.217. The fraction of sp³-hybridized carbons (Fsp3) is 0.154. The number of carbonyl (C=O) groups excluding carboxylic acids is 1. The predicted molar refractivity (Wildman–Crippen MR) is 64.0 cm³/mol. The minimum absolute atomic E-state index is 0.209. The lowest BCUT2D eigenvalue weighted by molar-refractivity contribution is 0.0966. The van der Waals surface area contributed by atoms with E-state index in [1.165, 1.54) is 11.2 Å². The van der Waals surface area contributed by atoms with Gasteiger partial charge in [0.05, 0.1) is 6.26 Å². The third-order valence-corrected chi connectivity index (χ3v) is 2.78. The third-order valence-electron chi connectivity index (χ3n) is 2.78. The Morgan fingerprint density at radius 3 is 2.83 bits per heavy atom. The minimum Gasteiger partial charge on any atom is -0.459 e. The number of fused-ring (bicyclic) bond motifs is 1. The SMILES string of the molecule is CN(C(=O)c1ccco1)c1ccc2c(c1)OCO2. The van der Waals surface area contributed by atoms with Gasteiger partial charge in [-0.2, -0.15) is 0 Å². The number of nitrogens with zero attached hydrogens (tertiary/aromatic N) is 1. The van der Waals surface area contributed by atoms with Crippen molar-refractivity contribution in [3.8, 4) is 11.5 Å². The van der Waals surface area contributed by atoms with E-state index in [1.54, 1.807) is 37.4 Å². The Morgan fingerprint density at radius 1 is 1.22 bits per heavy atom. The van der Waals surface area contributed by atoms with Gasteiger partial charge in [-0.15, -0.1) is 0 Å². The number of furan rings is 1. The van der Waals surface area contributed by atoms with E-state index in [9.17, 15) is 4.79 Å². The molecular formula is C13H11NO4. The fourth-order valence-electron chi connectivity index (χ4n) is 1.78. The van der Waals surface area contributed by atoms with E-state index < -0.39 is 0 Å². The van der Waals surface area contributed by atoms with Gasteiger partial charge in [-0.05, 0) is 24.3 Å². The number of benzene rings is 1. The molecule has 0 radical (unpaired) electrons. The number of amides is 1. The van der Waals surface area contributed by atoms with Gasteiger partial charge in [0.25, 0.3) is 5.91 Å². The molecular weight excluding hydrogens is 234 g/mol. The van der Waals surface area contributed by atoms with Crippen molar-refractivity contribution in [2.75, 3.05) is 18.7 Å². The van der Waals surface area contributed by atoms with Gasteiger partial charge in [-0.25, -0.2) is 0 Å². The van der Waals surface area contributed by atoms with Gasteiger partial charge in [0.15, 0.2) is 17.3 Å². The Labute approximate surface area is 104 Å². The molecule has 5 nitrogen and oxygen atoms in total. The molecule has 0 saturated carbocycles. The molecule has 0 atom stereocenters. The maximum atomic E-state index is 12.1. The van der Waals surface area contributed by atoms with Gasteiger partial charge >= 0.3 is 0 Å². The molecule has 0 spiro atoms. The summed E-state index contributed by atoms with van der Waals surface area (Å²) >= 11 is 0. The van der Waals surface area contributed by atoms with Crippen molar-refractivity contribution in [2.45, 2.75) is 0 Å². The highest BCUT2D eigenvalue weighted by molar-refractivity contribution is 6.03. The molecule has 3 rings (SSSR count). The van der Waals surface area contributed by atoms with E-state index >= 15 is 0 Å². The highest BCUT2D eigenvalue weighted by Gasteiger charge is 2.19. The van der Waals surface area contributed by atoms with Crippen LogP contribution in [0.5, 0.6) is 11.5 Å². The molecule has 1 aliphatic rings. The summed E-state index contributed by atoms with van der Waals surface area (Å²) in [5.41, 5.74) is 0.723. The normalized spacial score (nSPS) is 12.5. The molecule has 0 N–H and O–H groups in total. The highest BCUT2D eigenvalue weighted by Crippen LogP contribution is 2.35. The van der Waals surface area contributed by atoms with Crippen LogP contribution in [0.25, 0.3) is 0 Å². The van der Waals surface area contributed by atoms with Crippen LogP contribution in [0, 0.1) is 0 Å².